The predicted molar refractivity (Wildman–Crippen MR) is 40.5 cm³/mol. The molecule has 0 saturated heterocycles. The third-order valence-corrected chi connectivity index (χ3v) is 1.27. The minimum Gasteiger partial charge on any atom is -0.413 e. The lowest BCUT2D eigenvalue weighted by Gasteiger charge is -2.12. The molecule has 0 bridgehead atoms. The quantitative estimate of drug-likeness (QED) is 0.751. The number of pyridine rings is 1. The summed E-state index contributed by atoms with van der Waals surface area (Å²) in [6.45, 7) is -1.94. The number of alkyl halides is 3. The largest absolute Gasteiger partial charge is 0.428 e. The molecule has 0 aliphatic heterocycles. The Morgan fingerprint density at radius 1 is 1.57 bits per heavy atom. The lowest BCUT2D eigenvalue weighted by molar-refractivity contribution is -0.188. The molecule has 3 nitrogen and oxygen atoms in total. The van der Waals surface area contributed by atoms with Crippen LogP contribution in [-0.4, -0.2) is 17.8 Å². The average Bonchev–Trinajstić information content (AvgIpc) is 2.17. The maximum Gasteiger partial charge on any atom is 0.428 e. The Morgan fingerprint density at radius 3 is 2.86 bits per heavy atom. The van der Waals surface area contributed by atoms with Gasteiger partial charge in [-0.1, -0.05) is 0 Å². The molecular formula is C8H5F3N2O. The first kappa shape index (κ1) is 10.3. The maximum absolute atomic E-state index is 12.4. The standard InChI is InChI=1S/C8H5F3N2O/c9-5-8(10,11)14-7-3-6(4-12)1-2-13-7/h1-3H,5H2. The summed E-state index contributed by atoms with van der Waals surface area (Å²) in [6, 6.07) is 4.04. The van der Waals surface area contributed by atoms with Gasteiger partial charge >= 0.3 is 6.11 Å². The lowest BCUT2D eigenvalue weighted by Crippen LogP contribution is -2.27. The second-order valence-corrected chi connectivity index (χ2v) is 2.37. The molecule has 0 amide bonds. The lowest BCUT2D eigenvalue weighted by atomic mass is 10.3. The van der Waals surface area contributed by atoms with Crippen LogP contribution in [0.1, 0.15) is 5.56 Å². The van der Waals surface area contributed by atoms with Gasteiger partial charge in [0.05, 0.1) is 11.6 Å². The minimum absolute atomic E-state index is 0.115. The summed E-state index contributed by atoms with van der Waals surface area (Å²) >= 11 is 0. The van der Waals surface area contributed by atoms with Crippen molar-refractivity contribution >= 4 is 0 Å². The average molecular weight is 202 g/mol. The highest BCUT2D eigenvalue weighted by atomic mass is 19.3. The van der Waals surface area contributed by atoms with E-state index in [9.17, 15) is 13.2 Å². The number of hydrogen-bond acceptors (Lipinski definition) is 3. The highest BCUT2D eigenvalue weighted by Crippen LogP contribution is 2.20. The molecule has 74 valence electrons. The third kappa shape index (κ3) is 2.62. The van der Waals surface area contributed by atoms with E-state index in [0.29, 0.717) is 0 Å². The first-order chi connectivity index (χ1) is 6.57. The summed E-state index contributed by atoms with van der Waals surface area (Å²) in [5, 5.41) is 8.42. The Morgan fingerprint density at radius 2 is 2.29 bits per heavy atom. The smallest absolute Gasteiger partial charge is 0.413 e. The number of aromatic nitrogens is 1. The molecule has 0 atom stereocenters. The van der Waals surface area contributed by atoms with Gasteiger partial charge in [0.1, 0.15) is 0 Å². The number of nitriles is 1. The van der Waals surface area contributed by atoms with Crippen molar-refractivity contribution in [3.63, 3.8) is 0 Å². The van der Waals surface area contributed by atoms with Crippen LogP contribution in [0.4, 0.5) is 13.2 Å². The van der Waals surface area contributed by atoms with E-state index in [0.717, 1.165) is 12.3 Å². The van der Waals surface area contributed by atoms with Gasteiger partial charge in [-0.05, 0) is 6.07 Å². The van der Waals surface area contributed by atoms with Gasteiger partial charge in [0, 0.05) is 12.3 Å². The number of nitrogens with zero attached hydrogens (tertiary/aromatic N) is 2. The molecule has 1 heterocycles. The Labute approximate surface area is 77.7 Å². The van der Waals surface area contributed by atoms with Crippen molar-refractivity contribution in [3.05, 3.63) is 23.9 Å². The molecule has 1 aromatic heterocycles. The molecule has 0 unspecified atom stereocenters. The first-order valence-corrected chi connectivity index (χ1v) is 3.56. The molecule has 0 radical (unpaired) electrons. The molecule has 0 N–H and O–H groups in total. The monoisotopic (exact) mass is 202 g/mol. The van der Waals surface area contributed by atoms with Crippen molar-refractivity contribution in [1.29, 1.82) is 5.26 Å². The van der Waals surface area contributed by atoms with Gasteiger partial charge < -0.3 is 4.74 Å². The molecular weight excluding hydrogens is 197 g/mol. The molecule has 0 spiro atoms. The maximum atomic E-state index is 12.4. The van der Waals surface area contributed by atoms with Gasteiger partial charge in [0.15, 0.2) is 6.67 Å². The predicted octanol–water partition coefficient (Wildman–Crippen LogP) is 1.89. The van der Waals surface area contributed by atoms with Crippen LogP contribution < -0.4 is 4.74 Å². The molecule has 1 rings (SSSR count). The molecule has 0 aliphatic carbocycles. The molecule has 0 saturated carbocycles. The SMILES string of the molecule is N#Cc1ccnc(OC(F)(F)CF)c1. The van der Waals surface area contributed by atoms with Crippen molar-refractivity contribution in [2.24, 2.45) is 0 Å². The molecule has 0 fully saturated rings. The summed E-state index contributed by atoms with van der Waals surface area (Å²) in [5.74, 6) is -0.480. The zero-order chi connectivity index (χ0) is 10.6. The first-order valence-electron chi connectivity index (χ1n) is 3.56. The summed E-state index contributed by atoms with van der Waals surface area (Å²) in [4.78, 5) is 3.40. The number of halogens is 3. The van der Waals surface area contributed by atoms with E-state index in [-0.39, 0.29) is 5.56 Å². The van der Waals surface area contributed by atoms with E-state index in [1.165, 1.54) is 6.07 Å². The zero-order valence-corrected chi connectivity index (χ0v) is 6.88. The minimum atomic E-state index is -3.90. The van der Waals surface area contributed by atoms with Crippen molar-refractivity contribution in [2.45, 2.75) is 6.11 Å². The van der Waals surface area contributed by atoms with Crippen LogP contribution in [0.15, 0.2) is 18.3 Å². The molecule has 1 aromatic rings. The van der Waals surface area contributed by atoms with Crippen LogP contribution in [0.5, 0.6) is 5.88 Å². The Balaban J connectivity index is 2.83. The molecule has 14 heavy (non-hydrogen) atoms. The fraction of sp³-hybridized carbons (Fsp3) is 0.250. The van der Waals surface area contributed by atoms with Gasteiger partial charge in [-0.2, -0.15) is 14.0 Å². The zero-order valence-electron chi connectivity index (χ0n) is 6.88. The van der Waals surface area contributed by atoms with Gasteiger partial charge in [-0.15, -0.1) is 0 Å². The summed E-state index contributed by atoms with van der Waals surface area (Å²) in [6.07, 6.45) is -2.77. The number of rotatable bonds is 3. The van der Waals surface area contributed by atoms with Crippen LogP contribution in [0, 0.1) is 11.3 Å². The van der Waals surface area contributed by atoms with Gasteiger partial charge in [0.2, 0.25) is 5.88 Å². The number of ether oxygens (including phenoxy) is 1. The molecule has 0 aliphatic rings. The van der Waals surface area contributed by atoms with Crippen LogP contribution in [0.3, 0.4) is 0 Å². The highest BCUT2D eigenvalue weighted by Gasteiger charge is 2.32. The Bertz CT molecular complexity index is 362. The van der Waals surface area contributed by atoms with Gasteiger partial charge in [0.25, 0.3) is 0 Å². The van der Waals surface area contributed by atoms with Gasteiger partial charge in [-0.3, -0.25) is 0 Å². The van der Waals surface area contributed by atoms with E-state index < -0.39 is 18.7 Å². The second kappa shape index (κ2) is 3.96. The van der Waals surface area contributed by atoms with E-state index in [4.69, 9.17) is 5.26 Å². The topological polar surface area (TPSA) is 45.9 Å². The highest BCUT2D eigenvalue weighted by molar-refractivity contribution is 5.31. The summed E-state index contributed by atoms with van der Waals surface area (Å²) < 4.78 is 40.3. The van der Waals surface area contributed by atoms with Crippen molar-refractivity contribution in [3.8, 4) is 11.9 Å². The summed E-state index contributed by atoms with van der Waals surface area (Å²) in [7, 11) is 0. The Kier molecular flexibility index (Phi) is 2.92. The van der Waals surface area contributed by atoms with E-state index in [1.807, 2.05) is 0 Å². The van der Waals surface area contributed by atoms with Crippen LogP contribution in [0.2, 0.25) is 0 Å². The fourth-order valence-corrected chi connectivity index (χ4v) is 0.715. The van der Waals surface area contributed by atoms with Crippen molar-refractivity contribution in [1.82, 2.24) is 4.98 Å². The van der Waals surface area contributed by atoms with Crippen molar-refractivity contribution in [2.75, 3.05) is 6.67 Å². The molecule has 0 aromatic carbocycles. The second-order valence-electron chi connectivity index (χ2n) is 2.37. The Hall–Kier alpha value is -1.77. The fourth-order valence-electron chi connectivity index (χ4n) is 0.715. The molecule has 6 heteroatoms. The normalized spacial score (nSPS) is 10.7. The third-order valence-electron chi connectivity index (χ3n) is 1.27. The summed E-state index contributed by atoms with van der Waals surface area (Å²) in [5.41, 5.74) is 0.115. The van der Waals surface area contributed by atoms with Crippen LogP contribution in [0.25, 0.3) is 0 Å². The van der Waals surface area contributed by atoms with E-state index in [2.05, 4.69) is 9.72 Å². The van der Waals surface area contributed by atoms with Crippen molar-refractivity contribution < 1.29 is 17.9 Å². The van der Waals surface area contributed by atoms with Crippen LogP contribution >= 0.6 is 0 Å². The van der Waals surface area contributed by atoms with Crippen LogP contribution in [-0.2, 0) is 0 Å². The van der Waals surface area contributed by atoms with E-state index in [1.54, 1.807) is 6.07 Å². The van der Waals surface area contributed by atoms with E-state index >= 15 is 0 Å². The van der Waals surface area contributed by atoms with Gasteiger partial charge in [-0.25, -0.2) is 9.37 Å². The number of hydrogen-bond donors (Lipinski definition) is 0.